The number of carboxylic acid groups (broad SMARTS) is 4. The first-order valence-corrected chi connectivity index (χ1v) is 4.42. The minimum atomic E-state index is -1.23. The normalized spacial score (nSPS) is 5.82. The van der Waals surface area contributed by atoms with Crippen LogP contribution in [0.25, 0.3) is 0 Å². The number of aliphatic carboxylic acids is 4. The number of carboxylic acids is 4. The minimum absolute atomic E-state index is 0. The van der Waals surface area contributed by atoms with Gasteiger partial charge in [-0.25, -0.2) is 0 Å². The Morgan fingerprint density at radius 1 is 0.545 bits per heavy atom. The van der Waals surface area contributed by atoms with Crippen molar-refractivity contribution in [2.45, 2.75) is 0 Å². The summed E-state index contributed by atoms with van der Waals surface area (Å²) in [5, 5.41) is 36.6. The Balaban J connectivity index is -0.0000000376. The smallest absolute Gasteiger partial charge is 0.545 e. The van der Waals surface area contributed by atoms with E-state index in [-0.39, 0.29) is 76.2 Å². The molecule has 22 heavy (non-hydrogen) atoms. The molecule has 2 radical (unpaired) electrons. The molecule has 0 bridgehead atoms. The van der Waals surface area contributed by atoms with Crippen molar-refractivity contribution in [1.29, 1.82) is 0 Å². The summed E-state index contributed by atoms with van der Waals surface area (Å²) >= 11 is 0. The third kappa shape index (κ3) is 121. The molecule has 0 N–H and O–H groups in total. The summed E-state index contributed by atoms with van der Waals surface area (Å²) in [6.45, 7) is 11.6. The van der Waals surface area contributed by atoms with Gasteiger partial charge < -0.3 is 39.6 Å². The molecule has 0 atom stereocenters. The molecule has 0 amide bonds. The van der Waals surface area contributed by atoms with E-state index in [9.17, 15) is 0 Å². The van der Waals surface area contributed by atoms with Gasteiger partial charge in [0.25, 0.3) is 0 Å². The quantitative estimate of drug-likeness (QED) is 0.221. The van der Waals surface area contributed by atoms with E-state index in [1.165, 1.54) is 0 Å². The second-order valence-corrected chi connectivity index (χ2v) is 2.09. The van der Waals surface area contributed by atoms with Gasteiger partial charge in [-0.1, -0.05) is 26.3 Å². The number of carbonyl (C=O) groups excluding carboxylic acids is 4. The maximum Gasteiger partial charge on any atom is 2.00 e. The first kappa shape index (κ1) is 37.5. The maximum atomic E-state index is 9.14. The predicted molar refractivity (Wildman–Crippen MR) is 72.3 cm³/mol. The molecule has 8 nitrogen and oxygen atoms in total. The minimum Gasteiger partial charge on any atom is -0.545 e. The molecule has 0 spiro atoms. The van der Waals surface area contributed by atoms with Crippen molar-refractivity contribution in [1.82, 2.24) is 0 Å². The molecule has 0 aliphatic rings. The number of hydrogen-bond acceptors (Lipinski definition) is 8. The molecule has 0 saturated carbocycles. The number of rotatable bonds is 4. The van der Waals surface area contributed by atoms with E-state index < -0.39 is 23.9 Å². The standard InChI is InChI=1S/4C3H4O2.Ba.Pb/c4*1-2-3(4)5;;/h4*2H,1H2,(H,4,5);;/q;;;;2*+2/p-4. The van der Waals surface area contributed by atoms with Gasteiger partial charge in [0.15, 0.2) is 0 Å². The van der Waals surface area contributed by atoms with E-state index in [2.05, 4.69) is 26.3 Å². The summed E-state index contributed by atoms with van der Waals surface area (Å²) in [6.07, 6.45) is 2.89. The molecule has 0 aromatic rings. The van der Waals surface area contributed by atoms with Crippen molar-refractivity contribution in [3.8, 4) is 0 Å². The molecule has 0 unspecified atom stereocenters. The first-order chi connectivity index (χ1) is 9.08. The van der Waals surface area contributed by atoms with Crippen LogP contribution in [0, 0.1) is 0 Å². The van der Waals surface area contributed by atoms with Crippen molar-refractivity contribution in [2.75, 3.05) is 0 Å². The molecule has 0 aliphatic heterocycles. The summed E-state index contributed by atoms with van der Waals surface area (Å²) in [5.41, 5.74) is 0. The molecule has 114 valence electrons. The topological polar surface area (TPSA) is 161 Å². The zero-order valence-electron chi connectivity index (χ0n) is 11.6. The van der Waals surface area contributed by atoms with Crippen molar-refractivity contribution in [3.05, 3.63) is 50.6 Å². The summed E-state index contributed by atoms with van der Waals surface area (Å²) in [7, 11) is 0. The van der Waals surface area contributed by atoms with Crippen LogP contribution < -0.4 is 20.4 Å². The first-order valence-electron chi connectivity index (χ1n) is 4.42. The van der Waals surface area contributed by atoms with Gasteiger partial charge in [0.2, 0.25) is 0 Å². The second-order valence-electron chi connectivity index (χ2n) is 2.09. The second kappa shape index (κ2) is 32.3. The fourth-order valence-electron chi connectivity index (χ4n) is 0. The molecule has 0 aliphatic carbocycles. The van der Waals surface area contributed by atoms with Crippen LogP contribution in [0.15, 0.2) is 50.6 Å². The van der Waals surface area contributed by atoms with Crippen LogP contribution in [-0.4, -0.2) is 100 Å². The molecule has 0 aromatic carbocycles. The van der Waals surface area contributed by atoms with Crippen LogP contribution in [0.4, 0.5) is 0 Å². The fourth-order valence-corrected chi connectivity index (χ4v) is 0. The van der Waals surface area contributed by atoms with E-state index >= 15 is 0 Å². The molecule has 0 aromatic heterocycles. The van der Waals surface area contributed by atoms with E-state index in [1.54, 1.807) is 0 Å². The summed E-state index contributed by atoms with van der Waals surface area (Å²) in [5.74, 6) is -4.93. The van der Waals surface area contributed by atoms with Crippen LogP contribution >= 0.6 is 0 Å². The Morgan fingerprint density at radius 3 is 0.591 bits per heavy atom. The van der Waals surface area contributed by atoms with Gasteiger partial charge in [-0.15, -0.1) is 0 Å². The summed E-state index contributed by atoms with van der Waals surface area (Å²) in [4.78, 5) is 36.6. The monoisotopic (exact) mass is 630 g/mol. The van der Waals surface area contributed by atoms with Gasteiger partial charge >= 0.3 is 76.2 Å². The maximum absolute atomic E-state index is 9.14. The number of carbonyl (C=O) groups is 4. The van der Waals surface area contributed by atoms with Crippen LogP contribution in [0.1, 0.15) is 0 Å². The summed E-state index contributed by atoms with van der Waals surface area (Å²) in [6, 6.07) is 0. The van der Waals surface area contributed by atoms with Gasteiger partial charge in [-0.05, 0) is 24.3 Å². The molecular weight excluding hydrogens is 617 g/mol. The molecule has 10 heteroatoms. The van der Waals surface area contributed by atoms with Crippen LogP contribution in [0.3, 0.4) is 0 Å². The van der Waals surface area contributed by atoms with Crippen LogP contribution in [0.5, 0.6) is 0 Å². The third-order valence-corrected chi connectivity index (χ3v) is 0.667. The fraction of sp³-hybridized carbons (Fsp3) is 0. The van der Waals surface area contributed by atoms with E-state index in [1.807, 2.05) is 0 Å². The van der Waals surface area contributed by atoms with E-state index in [4.69, 9.17) is 39.6 Å². The molecular formula is C12H12BaO8Pb. The Kier molecular flexibility index (Phi) is 55.1. The Morgan fingerprint density at radius 2 is 0.591 bits per heavy atom. The summed E-state index contributed by atoms with van der Waals surface area (Å²) < 4.78 is 0. The molecule has 0 heterocycles. The van der Waals surface area contributed by atoms with Gasteiger partial charge in [0.1, 0.15) is 0 Å². The van der Waals surface area contributed by atoms with E-state index in [0.29, 0.717) is 0 Å². The zero-order valence-corrected chi connectivity index (χ0v) is 19.9. The largest absolute Gasteiger partial charge is 2.00 e. The van der Waals surface area contributed by atoms with Crippen molar-refractivity contribution in [2.24, 2.45) is 0 Å². The predicted octanol–water partition coefficient (Wildman–Crippen LogP) is -5.07. The van der Waals surface area contributed by atoms with E-state index in [0.717, 1.165) is 24.3 Å². The number of hydrogen-bond donors (Lipinski definition) is 0. The average molecular weight is 629 g/mol. The van der Waals surface area contributed by atoms with Gasteiger partial charge in [-0.2, -0.15) is 0 Å². The van der Waals surface area contributed by atoms with Gasteiger partial charge in [0, 0.05) is 0 Å². The molecule has 0 rings (SSSR count). The zero-order chi connectivity index (χ0) is 17.1. The van der Waals surface area contributed by atoms with Crippen molar-refractivity contribution < 1.29 is 39.6 Å². The SMILES string of the molecule is C=CC(=O)[O-].C=CC(=O)[O-].C=CC(=O)[O-].C=CC(=O)[O-].[Ba+2].[Pb+2]. The Bertz CT molecular complexity index is 307. The van der Waals surface area contributed by atoms with Crippen molar-refractivity contribution in [3.63, 3.8) is 0 Å². The van der Waals surface area contributed by atoms with Gasteiger partial charge in [0.05, 0.1) is 23.9 Å². The molecule has 0 fully saturated rings. The molecule has 0 saturated heterocycles. The van der Waals surface area contributed by atoms with Crippen LogP contribution in [0.2, 0.25) is 0 Å². The van der Waals surface area contributed by atoms with Gasteiger partial charge in [-0.3, -0.25) is 0 Å². The average Bonchev–Trinajstić information content (AvgIpc) is 2.40. The third-order valence-electron chi connectivity index (χ3n) is 0.667. The Hall–Kier alpha value is -0.666. The van der Waals surface area contributed by atoms with Crippen molar-refractivity contribution >= 4 is 100 Å². The van der Waals surface area contributed by atoms with Crippen LogP contribution in [-0.2, 0) is 19.2 Å². The Labute approximate surface area is 188 Å².